The Morgan fingerprint density at radius 3 is 2.81 bits per heavy atom. The van der Waals surface area contributed by atoms with Gasteiger partial charge in [-0.25, -0.2) is 0 Å². The monoisotopic (exact) mass is 306 g/mol. The van der Waals surface area contributed by atoms with Crippen molar-refractivity contribution in [3.63, 3.8) is 0 Å². The van der Waals surface area contributed by atoms with Crippen molar-refractivity contribution in [1.82, 2.24) is 9.55 Å². The maximum Gasteiger partial charge on any atom is 0.262 e. The first-order chi connectivity index (χ1) is 10.2. The Bertz CT molecular complexity index is 670. The topological polar surface area (TPSA) is 64.4 Å². The van der Waals surface area contributed by atoms with Crippen molar-refractivity contribution < 1.29 is 9.84 Å². The Morgan fingerprint density at radius 2 is 2.10 bits per heavy atom. The highest BCUT2D eigenvalue weighted by atomic mass is 32.2. The van der Waals surface area contributed by atoms with Gasteiger partial charge in [-0.15, -0.1) is 0 Å². The molecule has 0 bridgehead atoms. The molecule has 6 heteroatoms. The Morgan fingerprint density at radius 1 is 1.33 bits per heavy atom. The van der Waals surface area contributed by atoms with Gasteiger partial charge in [0.25, 0.3) is 5.56 Å². The number of hydrogen-bond acceptors (Lipinski definition) is 5. The van der Waals surface area contributed by atoms with Crippen LogP contribution < -0.4 is 10.3 Å². The van der Waals surface area contributed by atoms with Crippen molar-refractivity contribution in [3.05, 3.63) is 40.7 Å². The van der Waals surface area contributed by atoms with E-state index in [1.54, 1.807) is 6.07 Å². The van der Waals surface area contributed by atoms with E-state index in [0.717, 1.165) is 18.2 Å². The molecule has 0 amide bonds. The summed E-state index contributed by atoms with van der Waals surface area (Å²) < 4.78 is 7.05. The second kappa shape index (κ2) is 7.17. The van der Waals surface area contributed by atoms with Gasteiger partial charge in [-0.1, -0.05) is 30.8 Å². The van der Waals surface area contributed by atoms with Crippen molar-refractivity contribution in [3.8, 4) is 17.3 Å². The molecule has 5 nitrogen and oxygen atoms in total. The zero-order chi connectivity index (χ0) is 15.2. The second-order valence-corrected chi connectivity index (χ2v) is 5.38. The molecule has 0 fully saturated rings. The Labute approximate surface area is 127 Å². The minimum Gasteiger partial charge on any atom is -0.493 e. The number of nitrogens with zero attached hydrogens (tertiary/aromatic N) is 2. The lowest BCUT2D eigenvalue weighted by Gasteiger charge is -2.15. The molecule has 1 aromatic carbocycles. The Balaban J connectivity index is 2.59. The lowest BCUT2D eigenvalue weighted by molar-refractivity contribution is 0.338. The minimum absolute atomic E-state index is 0.260. The predicted octanol–water partition coefficient (Wildman–Crippen LogP) is 2.84. The highest BCUT2D eigenvalue weighted by Crippen LogP contribution is 2.26. The summed E-state index contributed by atoms with van der Waals surface area (Å²) in [5.41, 5.74) is 0.309. The molecule has 0 aliphatic rings. The standard InChI is InChI=1S/C15H18N2O3S/c1-3-9-21-15-16-13(18)10-14(19)17(15)11-7-5-6-8-12(11)20-4-2/h5-8,10,18H,3-4,9H2,1-2H3. The average molecular weight is 306 g/mol. The lowest BCUT2D eigenvalue weighted by Crippen LogP contribution is -2.21. The van der Waals surface area contributed by atoms with Crippen LogP contribution in [0, 0.1) is 0 Å². The minimum atomic E-state index is -0.326. The molecule has 0 saturated heterocycles. The van der Waals surface area contributed by atoms with E-state index in [0.29, 0.717) is 23.2 Å². The lowest BCUT2D eigenvalue weighted by atomic mass is 10.3. The van der Waals surface area contributed by atoms with Crippen LogP contribution in [0.1, 0.15) is 20.3 Å². The molecule has 0 aliphatic heterocycles. The third kappa shape index (κ3) is 3.58. The van der Waals surface area contributed by atoms with Crippen LogP contribution in [-0.2, 0) is 0 Å². The van der Waals surface area contributed by atoms with Crippen LogP contribution in [0.3, 0.4) is 0 Å². The molecule has 0 aliphatic carbocycles. The number of benzene rings is 1. The van der Waals surface area contributed by atoms with E-state index in [9.17, 15) is 9.90 Å². The maximum absolute atomic E-state index is 12.3. The molecule has 0 unspecified atom stereocenters. The van der Waals surface area contributed by atoms with Crippen LogP contribution in [-0.4, -0.2) is 27.0 Å². The first-order valence-electron chi connectivity index (χ1n) is 6.85. The quantitative estimate of drug-likeness (QED) is 0.657. The van der Waals surface area contributed by atoms with Gasteiger partial charge < -0.3 is 9.84 Å². The zero-order valence-corrected chi connectivity index (χ0v) is 12.9. The van der Waals surface area contributed by atoms with E-state index >= 15 is 0 Å². The van der Waals surface area contributed by atoms with Gasteiger partial charge in [0, 0.05) is 5.75 Å². The molecule has 2 rings (SSSR count). The SMILES string of the molecule is CCCSc1nc(O)cc(=O)n1-c1ccccc1OCC. The number of para-hydroxylation sites is 2. The molecule has 0 saturated carbocycles. The fourth-order valence-corrected chi connectivity index (χ4v) is 2.74. The van der Waals surface area contributed by atoms with Crippen molar-refractivity contribution in [2.24, 2.45) is 0 Å². The molecule has 1 aromatic heterocycles. The van der Waals surface area contributed by atoms with Gasteiger partial charge in [-0.2, -0.15) is 4.98 Å². The van der Waals surface area contributed by atoms with Gasteiger partial charge in [-0.05, 0) is 25.5 Å². The van der Waals surface area contributed by atoms with E-state index in [1.807, 2.05) is 32.0 Å². The Hall–Kier alpha value is -1.95. The van der Waals surface area contributed by atoms with Crippen LogP contribution >= 0.6 is 11.8 Å². The van der Waals surface area contributed by atoms with Crippen LogP contribution in [0.15, 0.2) is 40.3 Å². The molecule has 0 radical (unpaired) electrons. The predicted molar refractivity (Wildman–Crippen MR) is 83.7 cm³/mol. The maximum atomic E-state index is 12.3. The van der Waals surface area contributed by atoms with Crippen LogP contribution in [0.4, 0.5) is 0 Å². The fraction of sp³-hybridized carbons (Fsp3) is 0.333. The summed E-state index contributed by atoms with van der Waals surface area (Å²) in [5.74, 6) is 1.17. The number of thioether (sulfide) groups is 1. The first kappa shape index (κ1) is 15.4. The van der Waals surface area contributed by atoms with E-state index in [1.165, 1.54) is 16.3 Å². The Kier molecular flexibility index (Phi) is 5.27. The van der Waals surface area contributed by atoms with Gasteiger partial charge in [0.1, 0.15) is 5.75 Å². The summed E-state index contributed by atoms with van der Waals surface area (Å²) in [5, 5.41) is 10.0. The summed E-state index contributed by atoms with van der Waals surface area (Å²) in [6.07, 6.45) is 0.948. The van der Waals surface area contributed by atoms with Crippen molar-refractivity contribution in [2.45, 2.75) is 25.4 Å². The third-order valence-corrected chi connectivity index (χ3v) is 3.86. The molecule has 1 N–H and O–H groups in total. The number of hydrogen-bond donors (Lipinski definition) is 1. The van der Waals surface area contributed by atoms with E-state index in [4.69, 9.17) is 4.74 Å². The summed E-state index contributed by atoms with van der Waals surface area (Å²) >= 11 is 1.43. The first-order valence-corrected chi connectivity index (χ1v) is 7.84. The highest BCUT2D eigenvalue weighted by Gasteiger charge is 2.14. The summed E-state index contributed by atoms with van der Waals surface area (Å²) in [4.78, 5) is 16.4. The van der Waals surface area contributed by atoms with Crippen molar-refractivity contribution in [1.29, 1.82) is 0 Å². The molecule has 112 valence electrons. The van der Waals surface area contributed by atoms with Crippen LogP contribution in [0.25, 0.3) is 5.69 Å². The normalized spacial score (nSPS) is 10.6. The van der Waals surface area contributed by atoms with Gasteiger partial charge >= 0.3 is 0 Å². The fourth-order valence-electron chi connectivity index (χ4n) is 1.88. The van der Waals surface area contributed by atoms with Crippen LogP contribution in [0.2, 0.25) is 0 Å². The summed E-state index contributed by atoms with van der Waals surface area (Å²) in [6, 6.07) is 8.42. The van der Waals surface area contributed by atoms with Gasteiger partial charge in [0.2, 0.25) is 5.88 Å². The smallest absolute Gasteiger partial charge is 0.262 e. The second-order valence-electron chi connectivity index (χ2n) is 4.32. The molecule has 0 atom stereocenters. The number of aromatic hydroxyl groups is 1. The van der Waals surface area contributed by atoms with Crippen molar-refractivity contribution in [2.75, 3.05) is 12.4 Å². The largest absolute Gasteiger partial charge is 0.493 e. The molecule has 0 spiro atoms. The summed E-state index contributed by atoms with van der Waals surface area (Å²) in [7, 11) is 0. The molecular formula is C15H18N2O3S. The number of ether oxygens (including phenoxy) is 1. The van der Waals surface area contributed by atoms with Crippen LogP contribution in [0.5, 0.6) is 11.6 Å². The molecule has 2 aromatic rings. The molecular weight excluding hydrogens is 288 g/mol. The van der Waals surface area contributed by atoms with E-state index in [-0.39, 0.29) is 11.4 Å². The average Bonchev–Trinajstić information content (AvgIpc) is 2.46. The molecule has 21 heavy (non-hydrogen) atoms. The van der Waals surface area contributed by atoms with Crippen molar-refractivity contribution >= 4 is 11.8 Å². The summed E-state index contributed by atoms with van der Waals surface area (Å²) in [6.45, 7) is 4.45. The third-order valence-electron chi connectivity index (χ3n) is 2.72. The van der Waals surface area contributed by atoms with Gasteiger partial charge in [0.15, 0.2) is 5.16 Å². The van der Waals surface area contributed by atoms with Gasteiger partial charge in [-0.3, -0.25) is 9.36 Å². The van der Waals surface area contributed by atoms with Gasteiger partial charge in [0.05, 0.1) is 18.4 Å². The highest BCUT2D eigenvalue weighted by molar-refractivity contribution is 7.99. The number of aromatic nitrogens is 2. The van der Waals surface area contributed by atoms with E-state index in [2.05, 4.69) is 4.98 Å². The van der Waals surface area contributed by atoms with E-state index < -0.39 is 0 Å². The molecule has 1 heterocycles. The number of rotatable bonds is 6. The zero-order valence-electron chi connectivity index (χ0n) is 12.1.